The number of rotatable bonds is 1. The average molecular weight is 203 g/mol. The van der Waals surface area contributed by atoms with Crippen LogP contribution in [-0.2, 0) is 10.2 Å². The fourth-order valence-electron chi connectivity index (χ4n) is 2.34. The van der Waals surface area contributed by atoms with Crippen LogP contribution in [0.4, 0.5) is 0 Å². The van der Waals surface area contributed by atoms with Crippen LogP contribution in [0.3, 0.4) is 0 Å². The van der Waals surface area contributed by atoms with Crippen molar-refractivity contribution in [1.82, 2.24) is 5.32 Å². The van der Waals surface area contributed by atoms with Gasteiger partial charge in [-0.3, -0.25) is 4.79 Å². The quantitative estimate of drug-likeness (QED) is 0.744. The predicted molar refractivity (Wildman–Crippen MR) is 60.8 cm³/mol. The maximum atomic E-state index is 11.2. The lowest BCUT2D eigenvalue weighted by atomic mass is 9.75. The van der Waals surface area contributed by atoms with Crippen molar-refractivity contribution < 1.29 is 4.79 Å². The fourth-order valence-corrected chi connectivity index (χ4v) is 2.34. The smallest absolute Gasteiger partial charge is 0.220 e. The fraction of sp³-hybridized carbons (Fsp3) is 0.462. The number of hydrogen-bond acceptors (Lipinski definition) is 1. The molecular weight excluding hydrogens is 186 g/mol. The summed E-state index contributed by atoms with van der Waals surface area (Å²) in [5.74, 6) is 0.182. The Hall–Kier alpha value is -1.31. The van der Waals surface area contributed by atoms with E-state index in [9.17, 15) is 4.79 Å². The normalized spacial score (nSPS) is 26.1. The number of carbonyl (C=O) groups excluding carboxylic acids is 1. The topological polar surface area (TPSA) is 29.1 Å². The molecule has 1 saturated heterocycles. The molecule has 80 valence electrons. The lowest BCUT2D eigenvalue weighted by molar-refractivity contribution is -0.123. The van der Waals surface area contributed by atoms with Crippen molar-refractivity contribution in [3.63, 3.8) is 0 Å². The summed E-state index contributed by atoms with van der Waals surface area (Å²) in [5.41, 5.74) is 2.79. The molecule has 1 aliphatic heterocycles. The highest BCUT2D eigenvalue weighted by atomic mass is 16.1. The second-order valence-electron chi connectivity index (χ2n) is 4.65. The Labute approximate surface area is 90.7 Å². The summed E-state index contributed by atoms with van der Waals surface area (Å²) in [6.07, 6.45) is 1.59. The Morgan fingerprint density at radius 1 is 1.33 bits per heavy atom. The number of hydrogen-bond donors (Lipinski definition) is 1. The molecule has 1 aliphatic rings. The number of amides is 1. The Bertz CT molecular complexity index is 374. The third-order valence-corrected chi connectivity index (χ3v) is 3.37. The van der Waals surface area contributed by atoms with E-state index >= 15 is 0 Å². The van der Waals surface area contributed by atoms with E-state index in [-0.39, 0.29) is 11.3 Å². The first-order chi connectivity index (χ1) is 7.12. The summed E-state index contributed by atoms with van der Waals surface area (Å²) in [4.78, 5) is 11.2. The number of aryl methyl sites for hydroxylation is 1. The molecule has 0 aliphatic carbocycles. The second kappa shape index (κ2) is 3.69. The first-order valence-electron chi connectivity index (χ1n) is 5.45. The molecule has 15 heavy (non-hydrogen) atoms. The van der Waals surface area contributed by atoms with Crippen molar-refractivity contribution in [2.45, 2.75) is 32.1 Å². The predicted octanol–water partition coefficient (Wildman–Crippen LogP) is 2.16. The minimum atomic E-state index is 0.110. The summed E-state index contributed by atoms with van der Waals surface area (Å²) in [6, 6.07) is 8.44. The van der Waals surface area contributed by atoms with Crippen LogP contribution in [0.25, 0.3) is 0 Å². The molecule has 1 fully saturated rings. The molecule has 1 amide bonds. The van der Waals surface area contributed by atoms with Gasteiger partial charge in [-0.15, -0.1) is 0 Å². The van der Waals surface area contributed by atoms with Gasteiger partial charge in [0.2, 0.25) is 5.91 Å². The van der Waals surface area contributed by atoms with Gasteiger partial charge >= 0.3 is 0 Å². The average Bonchev–Trinajstić information content (AvgIpc) is 2.23. The van der Waals surface area contributed by atoms with E-state index in [0.29, 0.717) is 6.42 Å². The number of piperidine rings is 1. The van der Waals surface area contributed by atoms with Crippen LogP contribution in [0.2, 0.25) is 0 Å². The molecule has 0 aromatic heterocycles. The van der Waals surface area contributed by atoms with Gasteiger partial charge < -0.3 is 5.32 Å². The summed E-state index contributed by atoms with van der Waals surface area (Å²) in [5, 5.41) is 2.96. The van der Waals surface area contributed by atoms with Gasteiger partial charge in [0.05, 0.1) is 0 Å². The van der Waals surface area contributed by atoms with E-state index in [1.54, 1.807) is 0 Å². The van der Waals surface area contributed by atoms with Crippen molar-refractivity contribution in [3.8, 4) is 0 Å². The van der Waals surface area contributed by atoms with E-state index in [0.717, 1.165) is 13.0 Å². The molecule has 0 saturated carbocycles. The minimum absolute atomic E-state index is 0.110. The number of carbonyl (C=O) groups is 1. The van der Waals surface area contributed by atoms with Crippen molar-refractivity contribution >= 4 is 5.91 Å². The Morgan fingerprint density at radius 3 is 2.67 bits per heavy atom. The first-order valence-corrected chi connectivity index (χ1v) is 5.45. The lowest BCUT2D eigenvalue weighted by Gasteiger charge is -2.35. The van der Waals surface area contributed by atoms with Crippen LogP contribution in [0.5, 0.6) is 0 Å². The van der Waals surface area contributed by atoms with Gasteiger partial charge in [0.25, 0.3) is 0 Å². The molecule has 1 aromatic rings. The summed E-state index contributed by atoms with van der Waals surface area (Å²) in [7, 11) is 0. The van der Waals surface area contributed by atoms with Crippen LogP contribution in [0.1, 0.15) is 30.9 Å². The highest BCUT2D eigenvalue weighted by Gasteiger charge is 2.32. The van der Waals surface area contributed by atoms with Crippen molar-refractivity contribution in [3.05, 3.63) is 35.4 Å². The molecule has 0 bridgehead atoms. The summed E-state index contributed by atoms with van der Waals surface area (Å²) in [6.45, 7) is 5.13. The second-order valence-corrected chi connectivity index (χ2v) is 4.65. The van der Waals surface area contributed by atoms with Crippen molar-refractivity contribution in [2.75, 3.05) is 6.54 Å². The van der Waals surface area contributed by atoms with E-state index < -0.39 is 0 Å². The monoisotopic (exact) mass is 203 g/mol. The highest BCUT2D eigenvalue weighted by Crippen LogP contribution is 2.32. The molecule has 1 heterocycles. The summed E-state index contributed by atoms with van der Waals surface area (Å²) < 4.78 is 0. The largest absolute Gasteiger partial charge is 0.355 e. The zero-order chi connectivity index (χ0) is 10.9. The minimum Gasteiger partial charge on any atom is -0.355 e. The van der Waals surface area contributed by atoms with Crippen LogP contribution >= 0.6 is 0 Å². The zero-order valence-corrected chi connectivity index (χ0v) is 9.34. The zero-order valence-electron chi connectivity index (χ0n) is 9.34. The molecule has 2 nitrogen and oxygen atoms in total. The molecule has 1 aromatic carbocycles. The van der Waals surface area contributed by atoms with Crippen LogP contribution in [-0.4, -0.2) is 12.5 Å². The maximum Gasteiger partial charge on any atom is 0.220 e. The maximum absolute atomic E-state index is 11.2. The third-order valence-electron chi connectivity index (χ3n) is 3.37. The van der Waals surface area contributed by atoms with Crippen molar-refractivity contribution in [1.29, 1.82) is 0 Å². The molecule has 1 unspecified atom stereocenters. The van der Waals surface area contributed by atoms with E-state index in [2.05, 4.69) is 43.4 Å². The van der Waals surface area contributed by atoms with Gasteiger partial charge in [0.1, 0.15) is 0 Å². The third kappa shape index (κ3) is 1.89. The van der Waals surface area contributed by atoms with E-state index in [4.69, 9.17) is 0 Å². The van der Waals surface area contributed by atoms with Gasteiger partial charge in [0, 0.05) is 18.4 Å². The SMILES string of the molecule is Cc1ccccc1C1(C)CCC(=O)NC1. The van der Waals surface area contributed by atoms with Gasteiger partial charge in [0.15, 0.2) is 0 Å². The molecule has 0 radical (unpaired) electrons. The Balaban J connectivity index is 2.30. The van der Waals surface area contributed by atoms with E-state index in [1.165, 1.54) is 11.1 Å². The van der Waals surface area contributed by atoms with Gasteiger partial charge in [-0.2, -0.15) is 0 Å². The molecule has 1 N–H and O–H groups in total. The number of nitrogens with one attached hydrogen (secondary N) is 1. The molecule has 2 heteroatoms. The van der Waals surface area contributed by atoms with Gasteiger partial charge in [-0.25, -0.2) is 0 Å². The Morgan fingerprint density at radius 2 is 2.07 bits per heavy atom. The van der Waals surface area contributed by atoms with Gasteiger partial charge in [-0.05, 0) is 24.5 Å². The first kappa shape index (κ1) is 10.2. The molecular formula is C13H17NO. The lowest BCUT2D eigenvalue weighted by Crippen LogP contribution is -2.44. The number of benzene rings is 1. The van der Waals surface area contributed by atoms with Crippen LogP contribution < -0.4 is 5.32 Å². The van der Waals surface area contributed by atoms with Crippen LogP contribution in [0.15, 0.2) is 24.3 Å². The van der Waals surface area contributed by atoms with E-state index in [1.807, 2.05) is 0 Å². The van der Waals surface area contributed by atoms with Crippen LogP contribution in [0, 0.1) is 6.92 Å². The Kier molecular flexibility index (Phi) is 2.51. The summed E-state index contributed by atoms with van der Waals surface area (Å²) >= 11 is 0. The highest BCUT2D eigenvalue weighted by molar-refractivity contribution is 5.77. The van der Waals surface area contributed by atoms with Crippen molar-refractivity contribution in [2.24, 2.45) is 0 Å². The molecule has 0 spiro atoms. The van der Waals surface area contributed by atoms with Gasteiger partial charge in [-0.1, -0.05) is 31.2 Å². The molecule has 1 atom stereocenters. The standard InChI is InChI=1S/C13H17NO/c1-10-5-3-4-6-11(10)13(2)8-7-12(15)14-9-13/h3-6H,7-9H2,1-2H3,(H,14,15). The molecule has 2 rings (SSSR count).